The van der Waals surface area contributed by atoms with Gasteiger partial charge in [-0.25, -0.2) is 8.42 Å². The molecule has 0 radical (unpaired) electrons. The zero-order chi connectivity index (χ0) is 24.7. The molecular weight excluding hydrogens is 462 g/mol. The summed E-state index contributed by atoms with van der Waals surface area (Å²) in [5.74, 6) is 0.757. The molecule has 0 saturated carbocycles. The van der Waals surface area contributed by atoms with Crippen LogP contribution in [0.1, 0.15) is 55.7 Å². The van der Waals surface area contributed by atoms with Gasteiger partial charge in [0.2, 0.25) is 15.9 Å². The molecule has 8 heteroatoms. The first-order valence-corrected chi connectivity index (χ1v) is 14.2. The van der Waals surface area contributed by atoms with E-state index in [4.69, 9.17) is 4.74 Å². The van der Waals surface area contributed by atoms with Gasteiger partial charge >= 0.3 is 0 Å². The maximum atomic E-state index is 12.9. The van der Waals surface area contributed by atoms with Gasteiger partial charge in [-0.15, -0.1) is 0 Å². The number of amides is 1. The van der Waals surface area contributed by atoms with Crippen LogP contribution in [-0.4, -0.2) is 63.4 Å². The highest BCUT2D eigenvalue weighted by atomic mass is 32.2. The predicted molar refractivity (Wildman–Crippen MR) is 137 cm³/mol. The highest BCUT2D eigenvalue weighted by Crippen LogP contribution is 2.26. The van der Waals surface area contributed by atoms with E-state index < -0.39 is 10.0 Å². The first kappa shape index (κ1) is 25.7. The molecule has 2 saturated heterocycles. The van der Waals surface area contributed by atoms with Crippen molar-refractivity contribution in [3.05, 3.63) is 59.7 Å². The van der Waals surface area contributed by atoms with E-state index >= 15 is 0 Å². The zero-order valence-corrected chi connectivity index (χ0v) is 21.4. The number of hydrogen-bond acceptors (Lipinski definition) is 5. The van der Waals surface area contributed by atoms with Crippen LogP contribution in [0.25, 0.3) is 0 Å². The third-order valence-corrected chi connectivity index (χ3v) is 8.98. The van der Waals surface area contributed by atoms with Crippen molar-refractivity contribution in [2.75, 3.05) is 39.8 Å². The van der Waals surface area contributed by atoms with Crippen LogP contribution in [-0.2, 0) is 21.2 Å². The lowest BCUT2D eigenvalue weighted by atomic mass is 10.0. The van der Waals surface area contributed by atoms with Gasteiger partial charge in [0.05, 0.1) is 24.5 Å². The van der Waals surface area contributed by atoms with Gasteiger partial charge in [0.25, 0.3) is 0 Å². The molecule has 1 atom stereocenters. The Bertz CT molecular complexity index is 1060. The van der Waals surface area contributed by atoms with E-state index in [1.807, 2.05) is 12.1 Å². The molecule has 2 aliphatic rings. The van der Waals surface area contributed by atoms with E-state index in [1.54, 1.807) is 35.7 Å². The average molecular weight is 500 g/mol. The molecular formula is C27H37N3O4S. The van der Waals surface area contributed by atoms with Crippen molar-refractivity contribution in [2.24, 2.45) is 0 Å². The fourth-order valence-electron chi connectivity index (χ4n) is 5.01. The molecule has 190 valence electrons. The van der Waals surface area contributed by atoms with Gasteiger partial charge in [-0.2, -0.15) is 4.31 Å². The monoisotopic (exact) mass is 499 g/mol. The van der Waals surface area contributed by atoms with Crippen molar-refractivity contribution < 1.29 is 17.9 Å². The molecule has 2 aromatic carbocycles. The summed E-state index contributed by atoms with van der Waals surface area (Å²) in [5, 5.41) is 3.11. The first-order chi connectivity index (χ1) is 17.0. The standard InChI is InChI=1S/C27H37N3O4S/c1-34-24-12-10-23(11-13-24)26(29-16-4-2-5-17-29)21-28-27(31)20-22-8-14-25(15-9-22)35(32,33)30-18-6-3-7-19-30/h8-15,26H,2-7,16-21H2,1H3,(H,28,31)/t26-/m0/s1. The van der Waals surface area contributed by atoms with Crippen LogP contribution in [0.4, 0.5) is 0 Å². The van der Waals surface area contributed by atoms with Crippen LogP contribution in [0, 0.1) is 0 Å². The van der Waals surface area contributed by atoms with Gasteiger partial charge in [-0.1, -0.05) is 37.1 Å². The van der Waals surface area contributed by atoms with Gasteiger partial charge < -0.3 is 10.1 Å². The fraction of sp³-hybridized carbons (Fsp3) is 0.519. The van der Waals surface area contributed by atoms with Gasteiger partial charge in [0.15, 0.2) is 0 Å². The summed E-state index contributed by atoms with van der Waals surface area (Å²) in [7, 11) is -1.80. The largest absolute Gasteiger partial charge is 0.497 e. The van der Waals surface area contributed by atoms with E-state index in [0.717, 1.165) is 43.7 Å². The molecule has 35 heavy (non-hydrogen) atoms. The summed E-state index contributed by atoms with van der Waals surface area (Å²) in [6, 6.07) is 15.0. The summed E-state index contributed by atoms with van der Waals surface area (Å²) in [6.07, 6.45) is 6.72. The predicted octanol–water partition coefficient (Wildman–Crippen LogP) is 3.76. The summed E-state index contributed by atoms with van der Waals surface area (Å²) in [6.45, 7) is 3.75. The number of benzene rings is 2. The molecule has 2 aromatic rings. The average Bonchev–Trinajstić information content (AvgIpc) is 2.90. The normalized spacial score (nSPS) is 18.7. The Hall–Kier alpha value is -2.42. The summed E-state index contributed by atoms with van der Waals surface area (Å²) >= 11 is 0. The number of nitrogens with one attached hydrogen (secondary N) is 1. The van der Waals surface area contributed by atoms with Crippen molar-refractivity contribution in [3.8, 4) is 5.75 Å². The number of piperidine rings is 2. The van der Waals surface area contributed by atoms with Crippen molar-refractivity contribution in [1.82, 2.24) is 14.5 Å². The van der Waals surface area contributed by atoms with Crippen LogP contribution in [0.2, 0.25) is 0 Å². The molecule has 4 rings (SSSR count). The third kappa shape index (κ3) is 6.63. The van der Waals surface area contributed by atoms with Gasteiger partial charge in [-0.05, 0) is 74.2 Å². The zero-order valence-electron chi connectivity index (χ0n) is 20.6. The second kappa shape index (κ2) is 12.0. The van der Waals surface area contributed by atoms with Crippen molar-refractivity contribution in [2.45, 2.75) is 55.9 Å². The Balaban J connectivity index is 1.37. The highest BCUT2D eigenvalue weighted by molar-refractivity contribution is 7.89. The van der Waals surface area contributed by atoms with Crippen LogP contribution in [0.3, 0.4) is 0 Å². The number of rotatable bonds is 9. The van der Waals surface area contributed by atoms with Crippen molar-refractivity contribution in [1.29, 1.82) is 0 Å². The Kier molecular flexibility index (Phi) is 8.81. The SMILES string of the molecule is COc1ccc([C@H](CNC(=O)Cc2ccc(S(=O)(=O)N3CCCCC3)cc2)N2CCCCC2)cc1. The number of nitrogens with zero attached hydrogens (tertiary/aromatic N) is 2. The second-order valence-electron chi connectivity index (χ2n) is 9.48. The number of methoxy groups -OCH3 is 1. The molecule has 0 spiro atoms. The van der Waals surface area contributed by atoms with Crippen LogP contribution in [0.15, 0.2) is 53.4 Å². The maximum absolute atomic E-state index is 12.9. The van der Waals surface area contributed by atoms with Gasteiger partial charge in [0, 0.05) is 19.6 Å². The lowest BCUT2D eigenvalue weighted by Gasteiger charge is -2.35. The van der Waals surface area contributed by atoms with Gasteiger partial charge in [0.1, 0.15) is 5.75 Å². The minimum Gasteiger partial charge on any atom is -0.497 e. The third-order valence-electron chi connectivity index (χ3n) is 7.07. The van der Waals surface area contributed by atoms with E-state index in [-0.39, 0.29) is 18.4 Å². The summed E-state index contributed by atoms with van der Waals surface area (Å²) < 4.78 is 32.6. The van der Waals surface area contributed by atoms with Gasteiger partial charge in [-0.3, -0.25) is 9.69 Å². The van der Waals surface area contributed by atoms with Crippen molar-refractivity contribution >= 4 is 15.9 Å². The van der Waals surface area contributed by atoms with E-state index in [0.29, 0.717) is 24.5 Å². The molecule has 2 aliphatic heterocycles. The lowest BCUT2D eigenvalue weighted by molar-refractivity contribution is -0.120. The molecule has 2 fully saturated rings. The summed E-state index contributed by atoms with van der Waals surface area (Å²) in [5.41, 5.74) is 1.97. The molecule has 0 unspecified atom stereocenters. The minimum absolute atomic E-state index is 0.0628. The Morgan fingerprint density at radius 1 is 0.886 bits per heavy atom. The topological polar surface area (TPSA) is 78.9 Å². The Labute approximate surface area is 209 Å². The van der Waals surface area contributed by atoms with Crippen molar-refractivity contribution in [3.63, 3.8) is 0 Å². The Morgan fingerprint density at radius 3 is 2.09 bits per heavy atom. The molecule has 2 heterocycles. The maximum Gasteiger partial charge on any atom is 0.243 e. The number of hydrogen-bond donors (Lipinski definition) is 1. The number of sulfonamides is 1. The fourth-order valence-corrected chi connectivity index (χ4v) is 6.52. The highest BCUT2D eigenvalue weighted by Gasteiger charge is 2.26. The quantitative estimate of drug-likeness (QED) is 0.569. The lowest BCUT2D eigenvalue weighted by Crippen LogP contribution is -2.41. The molecule has 0 bridgehead atoms. The van der Waals surface area contributed by atoms with E-state index in [2.05, 4.69) is 22.3 Å². The number of likely N-dealkylation sites (tertiary alicyclic amines) is 1. The molecule has 7 nitrogen and oxygen atoms in total. The molecule has 1 N–H and O–H groups in total. The molecule has 0 aromatic heterocycles. The second-order valence-corrected chi connectivity index (χ2v) is 11.4. The molecule has 0 aliphatic carbocycles. The number of ether oxygens (including phenoxy) is 1. The van der Waals surface area contributed by atoms with Crippen LogP contribution >= 0.6 is 0 Å². The summed E-state index contributed by atoms with van der Waals surface area (Å²) in [4.78, 5) is 15.5. The van der Waals surface area contributed by atoms with E-state index in [9.17, 15) is 13.2 Å². The van der Waals surface area contributed by atoms with E-state index in [1.165, 1.54) is 24.8 Å². The molecule has 1 amide bonds. The van der Waals surface area contributed by atoms with Crippen LogP contribution < -0.4 is 10.1 Å². The smallest absolute Gasteiger partial charge is 0.243 e. The Morgan fingerprint density at radius 2 is 1.49 bits per heavy atom. The first-order valence-electron chi connectivity index (χ1n) is 12.7. The minimum atomic E-state index is -3.46. The number of carbonyl (C=O) groups excluding carboxylic acids is 1. The van der Waals surface area contributed by atoms with Crippen LogP contribution in [0.5, 0.6) is 5.75 Å². The number of carbonyl (C=O) groups is 1.